The molecule has 2 aromatic rings. The molecule has 2 rings (SSSR count). The molecule has 1 N–H and O–H groups in total. The Labute approximate surface area is 130 Å². The Balaban J connectivity index is 2.14. The van der Waals surface area contributed by atoms with Gasteiger partial charge in [-0.25, -0.2) is 4.39 Å². The lowest BCUT2D eigenvalue weighted by atomic mass is 10.2. The van der Waals surface area contributed by atoms with Gasteiger partial charge in [0.15, 0.2) is 0 Å². The first-order valence-electron chi connectivity index (χ1n) is 5.20. The molecule has 0 bridgehead atoms. The van der Waals surface area contributed by atoms with Crippen molar-refractivity contribution in [3.63, 3.8) is 0 Å². The van der Waals surface area contributed by atoms with Gasteiger partial charge in [0.05, 0.1) is 10.2 Å². The summed E-state index contributed by atoms with van der Waals surface area (Å²) >= 11 is 10.1. The normalized spacial score (nSPS) is 10.4. The minimum atomic E-state index is -0.249. The van der Waals surface area contributed by atoms with Crippen molar-refractivity contribution in [3.05, 3.63) is 61.2 Å². The highest BCUT2D eigenvalue weighted by atomic mass is 79.9. The van der Waals surface area contributed by atoms with Crippen LogP contribution in [0.3, 0.4) is 0 Å². The van der Waals surface area contributed by atoms with Crippen LogP contribution in [0.1, 0.15) is 5.56 Å². The van der Waals surface area contributed by atoms with Gasteiger partial charge in [-0.2, -0.15) is 0 Å². The SMILES string of the molecule is Fc1ccc(CNc2c(Br)cccc2Br)cc1Br. The van der Waals surface area contributed by atoms with Gasteiger partial charge in [-0.15, -0.1) is 0 Å². The van der Waals surface area contributed by atoms with Gasteiger partial charge in [0.25, 0.3) is 0 Å². The summed E-state index contributed by atoms with van der Waals surface area (Å²) in [5.74, 6) is -0.249. The molecule has 0 aliphatic heterocycles. The Morgan fingerprint density at radius 1 is 0.944 bits per heavy atom. The molecule has 0 radical (unpaired) electrons. The second-order valence-corrected chi connectivity index (χ2v) is 6.26. The fourth-order valence-electron chi connectivity index (χ4n) is 1.51. The smallest absolute Gasteiger partial charge is 0.137 e. The number of nitrogens with one attached hydrogen (secondary N) is 1. The van der Waals surface area contributed by atoms with E-state index >= 15 is 0 Å². The number of anilines is 1. The van der Waals surface area contributed by atoms with Crippen LogP contribution < -0.4 is 5.32 Å². The van der Waals surface area contributed by atoms with Crippen molar-refractivity contribution in [1.29, 1.82) is 0 Å². The van der Waals surface area contributed by atoms with Crippen molar-refractivity contribution in [2.45, 2.75) is 6.54 Å². The summed E-state index contributed by atoms with van der Waals surface area (Å²) in [5.41, 5.74) is 1.99. The zero-order valence-corrected chi connectivity index (χ0v) is 13.9. The van der Waals surface area contributed by atoms with Crippen LogP contribution in [-0.2, 0) is 6.54 Å². The Morgan fingerprint density at radius 2 is 1.61 bits per heavy atom. The van der Waals surface area contributed by atoms with Gasteiger partial charge < -0.3 is 5.32 Å². The van der Waals surface area contributed by atoms with E-state index in [4.69, 9.17) is 0 Å². The average Bonchev–Trinajstić information content (AvgIpc) is 2.33. The van der Waals surface area contributed by atoms with E-state index in [-0.39, 0.29) is 5.82 Å². The molecule has 18 heavy (non-hydrogen) atoms. The number of benzene rings is 2. The highest BCUT2D eigenvalue weighted by molar-refractivity contribution is 9.11. The number of halogens is 4. The number of rotatable bonds is 3. The average molecular weight is 438 g/mol. The van der Waals surface area contributed by atoms with E-state index in [1.54, 1.807) is 12.1 Å². The summed E-state index contributed by atoms with van der Waals surface area (Å²) < 4.78 is 15.6. The first kappa shape index (κ1) is 14.0. The highest BCUT2D eigenvalue weighted by Gasteiger charge is 2.05. The number of para-hydroxylation sites is 1. The van der Waals surface area contributed by atoms with Crippen molar-refractivity contribution < 1.29 is 4.39 Å². The molecule has 0 aliphatic rings. The maximum absolute atomic E-state index is 13.1. The molecule has 0 heterocycles. The fraction of sp³-hybridized carbons (Fsp3) is 0.0769. The van der Waals surface area contributed by atoms with E-state index < -0.39 is 0 Å². The molecule has 94 valence electrons. The van der Waals surface area contributed by atoms with Gasteiger partial charge in [-0.3, -0.25) is 0 Å². The standard InChI is InChI=1S/C13H9Br3FN/c14-9-2-1-3-10(15)13(9)18-7-8-4-5-12(17)11(16)6-8/h1-6,18H,7H2. The second-order valence-electron chi connectivity index (χ2n) is 3.70. The third-order valence-electron chi connectivity index (χ3n) is 2.42. The summed E-state index contributed by atoms with van der Waals surface area (Å²) in [6, 6.07) is 10.9. The maximum atomic E-state index is 13.1. The van der Waals surface area contributed by atoms with Crippen LogP contribution in [0.4, 0.5) is 10.1 Å². The molecule has 0 aliphatic carbocycles. The first-order chi connectivity index (χ1) is 8.58. The third kappa shape index (κ3) is 3.33. The maximum Gasteiger partial charge on any atom is 0.137 e. The van der Waals surface area contributed by atoms with Crippen LogP contribution >= 0.6 is 47.8 Å². The molecule has 0 spiro atoms. The first-order valence-corrected chi connectivity index (χ1v) is 7.57. The molecule has 0 amide bonds. The Bertz CT molecular complexity index is 552. The van der Waals surface area contributed by atoms with E-state index in [1.807, 2.05) is 18.2 Å². The van der Waals surface area contributed by atoms with Crippen LogP contribution in [0.2, 0.25) is 0 Å². The Morgan fingerprint density at radius 3 is 2.22 bits per heavy atom. The van der Waals surface area contributed by atoms with Gasteiger partial charge in [-0.05, 0) is 77.6 Å². The van der Waals surface area contributed by atoms with Crippen molar-refractivity contribution >= 4 is 53.5 Å². The topological polar surface area (TPSA) is 12.0 Å². The monoisotopic (exact) mass is 435 g/mol. The predicted octanol–water partition coefficient (Wildman–Crippen LogP) is 5.73. The third-order valence-corrected chi connectivity index (χ3v) is 4.35. The molecular weight excluding hydrogens is 429 g/mol. The van der Waals surface area contributed by atoms with Crippen molar-refractivity contribution in [3.8, 4) is 0 Å². The van der Waals surface area contributed by atoms with E-state index in [0.717, 1.165) is 20.2 Å². The van der Waals surface area contributed by atoms with Crippen LogP contribution in [0, 0.1) is 5.82 Å². The summed E-state index contributed by atoms with van der Waals surface area (Å²) in [4.78, 5) is 0. The Hall–Kier alpha value is -0.390. The van der Waals surface area contributed by atoms with Gasteiger partial charge in [0, 0.05) is 15.5 Å². The van der Waals surface area contributed by atoms with E-state index in [2.05, 4.69) is 53.1 Å². The zero-order valence-electron chi connectivity index (χ0n) is 9.18. The highest BCUT2D eigenvalue weighted by Crippen LogP contribution is 2.31. The lowest BCUT2D eigenvalue weighted by Crippen LogP contribution is -2.01. The second kappa shape index (κ2) is 6.17. The molecule has 0 saturated heterocycles. The molecule has 0 unspecified atom stereocenters. The lowest BCUT2D eigenvalue weighted by Gasteiger charge is -2.11. The van der Waals surface area contributed by atoms with Crippen molar-refractivity contribution in [2.75, 3.05) is 5.32 Å². The molecule has 0 fully saturated rings. The van der Waals surface area contributed by atoms with Crippen LogP contribution in [0.15, 0.2) is 49.8 Å². The lowest BCUT2D eigenvalue weighted by molar-refractivity contribution is 0.620. The van der Waals surface area contributed by atoms with Crippen molar-refractivity contribution in [2.24, 2.45) is 0 Å². The quantitative estimate of drug-likeness (QED) is 0.647. The number of hydrogen-bond donors (Lipinski definition) is 1. The molecule has 5 heteroatoms. The Kier molecular flexibility index (Phi) is 4.81. The zero-order chi connectivity index (χ0) is 13.1. The van der Waals surface area contributed by atoms with Gasteiger partial charge in [-0.1, -0.05) is 12.1 Å². The molecule has 2 aromatic carbocycles. The summed E-state index contributed by atoms with van der Waals surface area (Å²) in [6.45, 7) is 0.625. The summed E-state index contributed by atoms with van der Waals surface area (Å²) in [6.07, 6.45) is 0. The minimum Gasteiger partial charge on any atom is -0.379 e. The van der Waals surface area contributed by atoms with Gasteiger partial charge in [0.2, 0.25) is 0 Å². The minimum absolute atomic E-state index is 0.249. The fourth-order valence-corrected chi connectivity index (χ4v) is 3.21. The van der Waals surface area contributed by atoms with E-state index in [0.29, 0.717) is 11.0 Å². The van der Waals surface area contributed by atoms with Crippen LogP contribution in [-0.4, -0.2) is 0 Å². The molecule has 0 saturated carbocycles. The molecule has 1 nitrogen and oxygen atoms in total. The molecule has 0 aromatic heterocycles. The van der Waals surface area contributed by atoms with Gasteiger partial charge in [0.1, 0.15) is 5.82 Å². The molecule has 0 atom stereocenters. The van der Waals surface area contributed by atoms with E-state index in [1.165, 1.54) is 6.07 Å². The van der Waals surface area contributed by atoms with Crippen LogP contribution in [0.5, 0.6) is 0 Å². The van der Waals surface area contributed by atoms with Gasteiger partial charge >= 0.3 is 0 Å². The summed E-state index contributed by atoms with van der Waals surface area (Å²) in [5, 5.41) is 3.31. The molecular formula is C13H9Br3FN. The summed E-state index contributed by atoms with van der Waals surface area (Å²) in [7, 11) is 0. The predicted molar refractivity (Wildman–Crippen MR) is 83.3 cm³/mol. The largest absolute Gasteiger partial charge is 0.379 e. The van der Waals surface area contributed by atoms with Crippen molar-refractivity contribution in [1.82, 2.24) is 0 Å². The van der Waals surface area contributed by atoms with Crippen LogP contribution in [0.25, 0.3) is 0 Å². The number of hydrogen-bond acceptors (Lipinski definition) is 1. The van der Waals surface area contributed by atoms with E-state index in [9.17, 15) is 4.39 Å².